The molecule has 34 heavy (non-hydrogen) atoms. The Morgan fingerprint density at radius 1 is 1.18 bits per heavy atom. The summed E-state index contributed by atoms with van der Waals surface area (Å²) in [7, 11) is 3.22. The standard InChI is InChI=1S/C27H32N2O5/c1-4-27-11-8-12-29(26(31)34-16-17-9-6-5-7-10-17)25(27)23-18-13-21(32-2)22(33-3)14-19(18)28-24(23)20(30)15-27/h5-7,9-10,13-14,20,25,28,30H,4,8,11-12,15-16H2,1-3H3/t20?,25-,27+/m0/s1. The summed E-state index contributed by atoms with van der Waals surface area (Å²) in [4.78, 5) is 18.7. The maximum atomic E-state index is 13.4. The minimum absolute atomic E-state index is 0.195. The van der Waals surface area contributed by atoms with E-state index in [0.717, 1.165) is 47.0 Å². The number of H-pyrrole nitrogens is 1. The molecule has 2 heterocycles. The average Bonchev–Trinajstić information content (AvgIpc) is 3.25. The molecule has 1 saturated heterocycles. The van der Waals surface area contributed by atoms with E-state index in [1.165, 1.54) is 0 Å². The van der Waals surface area contributed by atoms with Gasteiger partial charge >= 0.3 is 6.09 Å². The number of methoxy groups -OCH3 is 2. The van der Waals surface area contributed by atoms with Crippen LogP contribution in [0.3, 0.4) is 0 Å². The van der Waals surface area contributed by atoms with Gasteiger partial charge in [0, 0.05) is 23.6 Å². The number of carbonyl (C=O) groups is 1. The summed E-state index contributed by atoms with van der Waals surface area (Å²) in [5.41, 5.74) is 3.32. The lowest BCUT2D eigenvalue weighted by Gasteiger charge is -2.53. The fourth-order valence-corrected chi connectivity index (χ4v) is 5.99. The number of hydrogen-bond donors (Lipinski definition) is 2. The highest BCUT2D eigenvalue weighted by molar-refractivity contribution is 5.89. The normalized spacial score (nSPS) is 23.8. The van der Waals surface area contributed by atoms with Gasteiger partial charge in [-0.05, 0) is 42.7 Å². The van der Waals surface area contributed by atoms with E-state index in [2.05, 4.69) is 11.9 Å². The molecule has 5 rings (SSSR count). The number of nitrogens with zero attached hydrogens (tertiary/aromatic N) is 1. The Kier molecular flexibility index (Phi) is 5.90. The minimum Gasteiger partial charge on any atom is -0.493 e. The van der Waals surface area contributed by atoms with Crippen LogP contribution in [0.4, 0.5) is 4.79 Å². The first kappa shape index (κ1) is 22.6. The van der Waals surface area contributed by atoms with Crippen LogP contribution in [0.2, 0.25) is 0 Å². The minimum atomic E-state index is -0.629. The molecule has 0 saturated carbocycles. The van der Waals surface area contributed by atoms with Crippen LogP contribution in [0.25, 0.3) is 10.9 Å². The van der Waals surface area contributed by atoms with Crippen molar-refractivity contribution >= 4 is 17.0 Å². The molecule has 1 aromatic heterocycles. The number of aliphatic hydroxyl groups is 1. The van der Waals surface area contributed by atoms with Gasteiger partial charge in [-0.3, -0.25) is 0 Å². The second kappa shape index (κ2) is 8.87. The Hall–Kier alpha value is -3.19. The van der Waals surface area contributed by atoms with Crippen molar-refractivity contribution in [2.24, 2.45) is 5.41 Å². The van der Waals surface area contributed by atoms with Gasteiger partial charge in [-0.25, -0.2) is 4.79 Å². The van der Waals surface area contributed by atoms with Crippen LogP contribution in [-0.4, -0.2) is 41.8 Å². The zero-order valence-corrected chi connectivity index (χ0v) is 20.0. The van der Waals surface area contributed by atoms with Crippen molar-refractivity contribution in [3.05, 3.63) is 59.3 Å². The first-order chi connectivity index (χ1) is 16.5. The number of piperidine rings is 1. The zero-order chi connectivity index (χ0) is 23.9. The van der Waals surface area contributed by atoms with Crippen LogP contribution in [0.1, 0.15) is 61.6 Å². The van der Waals surface area contributed by atoms with Crippen LogP contribution in [0.15, 0.2) is 42.5 Å². The fraction of sp³-hybridized carbons (Fsp3) is 0.444. The van der Waals surface area contributed by atoms with Gasteiger partial charge in [-0.15, -0.1) is 0 Å². The summed E-state index contributed by atoms with van der Waals surface area (Å²) >= 11 is 0. The number of rotatable bonds is 5. The molecule has 2 N–H and O–H groups in total. The predicted molar refractivity (Wildman–Crippen MR) is 129 cm³/mol. The summed E-state index contributed by atoms with van der Waals surface area (Å²) in [6, 6.07) is 13.4. The number of amides is 1. The number of nitrogens with one attached hydrogen (secondary N) is 1. The molecule has 3 atom stereocenters. The molecule has 1 unspecified atom stereocenters. The smallest absolute Gasteiger partial charge is 0.410 e. The van der Waals surface area contributed by atoms with Crippen molar-refractivity contribution in [1.29, 1.82) is 0 Å². The van der Waals surface area contributed by atoms with Crippen molar-refractivity contribution in [2.75, 3.05) is 20.8 Å². The van der Waals surface area contributed by atoms with Gasteiger partial charge in [0.1, 0.15) is 6.61 Å². The summed E-state index contributed by atoms with van der Waals surface area (Å²) < 4.78 is 16.9. The quantitative estimate of drug-likeness (QED) is 0.521. The first-order valence-electron chi connectivity index (χ1n) is 11.9. The van der Waals surface area contributed by atoms with Gasteiger partial charge in [-0.1, -0.05) is 37.3 Å². The van der Waals surface area contributed by atoms with E-state index in [-0.39, 0.29) is 24.2 Å². The molecule has 3 aromatic rings. The number of aromatic amines is 1. The molecule has 0 spiro atoms. The number of fused-ring (bicyclic) bond motifs is 5. The SMILES string of the molecule is CC[C@]12CCCN(C(=O)OCc3ccccc3)[C@H]1c1c([nH]c3cc(OC)c(OC)cc13)C(O)C2. The molecular weight excluding hydrogens is 432 g/mol. The van der Waals surface area contributed by atoms with Crippen LogP contribution >= 0.6 is 0 Å². The zero-order valence-electron chi connectivity index (χ0n) is 20.0. The summed E-state index contributed by atoms with van der Waals surface area (Å²) in [5.74, 6) is 1.24. The molecule has 1 aliphatic heterocycles. The number of hydrogen-bond acceptors (Lipinski definition) is 5. The number of aliphatic hydroxyl groups excluding tert-OH is 1. The predicted octanol–water partition coefficient (Wildman–Crippen LogP) is 5.49. The van der Waals surface area contributed by atoms with Gasteiger partial charge in [0.05, 0.1) is 37.6 Å². The second-order valence-corrected chi connectivity index (χ2v) is 9.38. The molecule has 7 heteroatoms. The highest BCUT2D eigenvalue weighted by Crippen LogP contribution is 2.59. The third-order valence-electron chi connectivity index (χ3n) is 7.69. The first-order valence-corrected chi connectivity index (χ1v) is 11.9. The van der Waals surface area contributed by atoms with E-state index in [9.17, 15) is 9.90 Å². The van der Waals surface area contributed by atoms with E-state index in [1.54, 1.807) is 14.2 Å². The highest BCUT2D eigenvalue weighted by atomic mass is 16.6. The van der Waals surface area contributed by atoms with Crippen molar-refractivity contribution in [2.45, 2.75) is 51.4 Å². The van der Waals surface area contributed by atoms with E-state index in [4.69, 9.17) is 14.2 Å². The van der Waals surface area contributed by atoms with Crippen molar-refractivity contribution < 1.29 is 24.1 Å². The molecule has 0 bridgehead atoms. The van der Waals surface area contributed by atoms with Crippen LogP contribution in [-0.2, 0) is 11.3 Å². The van der Waals surface area contributed by atoms with Gasteiger partial charge in [0.15, 0.2) is 11.5 Å². The third kappa shape index (κ3) is 3.59. The maximum Gasteiger partial charge on any atom is 0.410 e. The van der Waals surface area contributed by atoms with E-state index in [0.29, 0.717) is 24.5 Å². The molecule has 1 fully saturated rings. The molecule has 2 aliphatic rings. The van der Waals surface area contributed by atoms with E-state index >= 15 is 0 Å². The number of benzene rings is 2. The van der Waals surface area contributed by atoms with Gasteiger partial charge < -0.3 is 29.2 Å². The van der Waals surface area contributed by atoms with Crippen LogP contribution < -0.4 is 9.47 Å². The van der Waals surface area contributed by atoms with Crippen LogP contribution in [0.5, 0.6) is 11.5 Å². The van der Waals surface area contributed by atoms with Crippen molar-refractivity contribution in [1.82, 2.24) is 9.88 Å². The summed E-state index contributed by atoms with van der Waals surface area (Å²) in [6.07, 6.45) is 2.35. The van der Waals surface area contributed by atoms with Crippen molar-refractivity contribution in [3.8, 4) is 11.5 Å². The molecular formula is C27H32N2O5. The molecule has 7 nitrogen and oxygen atoms in total. The molecule has 0 radical (unpaired) electrons. The van der Waals surface area contributed by atoms with E-state index in [1.807, 2.05) is 47.4 Å². The lowest BCUT2D eigenvalue weighted by atomic mass is 9.62. The fourth-order valence-electron chi connectivity index (χ4n) is 5.99. The Balaban J connectivity index is 1.59. The Labute approximate surface area is 199 Å². The van der Waals surface area contributed by atoms with Gasteiger partial charge in [0.2, 0.25) is 0 Å². The number of ether oxygens (including phenoxy) is 3. The topological polar surface area (TPSA) is 84.0 Å². The summed E-state index contributed by atoms with van der Waals surface area (Å²) in [5, 5.41) is 12.1. The third-order valence-corrected chi connectivity index (χ3v) is 7.69. The lowest BCUT2D eigenvalue weighted by Crippen LogP contribution is -2.51. The number of carbonyl (C=O) groups excluding carboxylic acids is 1. The second-order valence-electron chi connectivity index (χ2n) is 9.38. The average molecular weight is 465 g/mol. The maximum absolute atomic E-state index is 13.4. The number of aromatic nitrogens is 1. The Morgan fingerprint density at radius 2 is 1.91 bits per heavy atom. The monoisotopic (exact) mass is 464 g/mol. The summed E-state index contributed by atoms with van der Waals surface area (Å²) in [6.45, 7) is 3.01. The molecule has 2 aromatic carbocycles. The highest BCUT2D eigenvalue weighted by Gasteiger charge is 2.52. The molecule has 1 aliphatic carbocycles. The Bertz CT molecular complexity index is 1190. The molecule has 180 valence electrons. The van der Waals surface area contributed by atoms with E-state index < -0.39 is 6.10 Å². The Morgan fingerprint density at radius 3 is 2.62 bits per heavy atom. The lowest BCUT2D eigenvalue weighted by molar-refractivity contribution is -0.0420. The largest absolute Gasteiger partial charge is 0.493 e. The molecule has 1 amide bonds. The van der Waals surface area contributed by atoms with Gasteiger partial charge in [-0.2, -0.15) is 0 Å². The van der Waals surface area contributed by atoms with Gasteiger partial charge in [0.25, 0.3) is 0 Å². The van der Waals surface area contributed by atoms with Crippen LogP contribution in [0, 0.1) is 5.41 Å². The van der Waals surface area contributed by atoms with Crippen molar-refractivity contribution in [3.63, 3.8) is 0 Å². The number of likely N-dealkylation sites (tertiary alicyclic amines) is 1.